The second kappa shape index (κ2) is 3.70. The summed E-state index contributed by atoms with van der Waals surface area (Å²) in [5.74, 6) is 0.559. The van der Waals surface area contributed by atoms with Gasteiger partial charge in [0.15, 0.2) is 0 Å². The van der Waals surface area contributed by atoms with Gasteiger partial charge >= 0.3 is 0 Å². The lowest BCUT2D eigenvalue weighted by Crippen LogP contribution is -2.55. The number of aliphatic hydroxyl groups is 3. The minimum atomic E-state index is -1.13. The fourth-order valence-corrected chi connectivity index (χ4v) is 1.65. The van der Waals surface area contributed by atoms with E-state index in [-0.39, 0.29) is 6.54 Å². The van der Waals surface area contributed by atoms with E-state index in [0.29, 0.717) is 5.76 Å². The first-order valence-electron chi connectivity index (χ1n) is 4.51. The summed E-state index contributed by atoms with van der Waals surface area (Å²) >= 11 is 0. The zero-order valence-electron chi connectivity index (χ0n) is 7.50. The number of β-amino-alcohol motifs (C(OH)–C–C–N with tert-alkyl or cyclic N) is 1. The Morgan fingerprint density at radius 3 is 2.71 bits per heavy atom. The maximum absolute atomic E-state index is 9.65. The average Bonchev–Trinajstić information content (AvgIpc) is 2.67. The largest absolute Gasteiger partial charge is 0.468 e. The molecule has 1 saturated heterocycles. The van der Waals surface area contributed by atoms with E-state index in [9.17, 15) is 15.3 Å². The SMILES string of the molecule is O[C@@H]1[C@@H](O)[C@@H](c2ccco2)NC[C@H]1O. The summed E-state index contributed by atoms with van der Waals surface area (Å²) in [6.45, 7) is 0.240. The first-order chi connectivity index (χ1) is 6.70. The minimum absolute atomic E-state index is 0.240. The second-order valence-corrected chi connectivity index (χ2v) is 3.45. The molecule has 14 heavy (non-hydrogen) atoms. The van der Waals surface area contributed by atoms with Crippen molar-refractivity contribution in [3.63, 3.8) is 0 Å². The van der Waals surface area contributed by atoms with Crippen molar-refractivity contribution < 1.29 is 19.7 Å². The molecule has 1 aromatic heterocycles. The van der Waals surface area contributed by atoms with Crippen LogP contribution in [0.4, 0.5) is 0 Å². The van der Waals surface area contributed by atoms with Crippen LogP contribution < -0.4 is 5.32 Å². The lowest BCUT2D eigenvalue weighted by molar-refractivity contribution is -0.0977. The van der Waals surface area contributed by atoms with Crippen molar-refractivity contribution >= 4 is 0 Å². The van der Waals surface area contributed by atoms with Crippen molar-refractivity contribution in [2.45, 2.75) is 24.4 Å². The van der Waals surface area contributed by atoms with Crippen LogP contribution in [0.5, 0.6) is 0 Å². The molecule has 0 radical (unpaired) electrons. The van der Waals surface area contributed by atoms with Crippen molar-refractivity contribution in [2.24, 2.45) is 0 Å². The summed E-state index contributed by atoms with van der Waals surface area (Å²) in [6, 6.07) is 2.97. The first-order valence-corrected chi connectivity index (χ1v) is 4.51. The molecule has 5 nitrogen and oxygen atoms in total. The van der Waals surface area contributed by atoms with E-state index in [4.69, 9.17) is 4.42 Å². The normalized spacial score (nSPS) is 38.5. The number of rotatable bonds is 1. The molecule has 0 saturated carbocycles. The van der Waals surface area contributed by atoms with Crippen LogP contribution >= 0.6 is 0 Å². The second-order valence-electron chi connectivity index (χ2n) is 3.45. The van der Waals surface area contributed by atoms with Gasteiger partial charge in [-0.2, -0.15) is 0 Å². The van der Waals surface area contributed by atoms with Gasteiger partial charge in [-0.3, -0.25) is 0 Å². The molecule has 5 heteroatoms. The molecule has 0 aliphatic carbocycles. The van der Waals surface area contributed by atoms with Crippen LogP contribution in [0.15, 0.2) is 22.8 Å². The summed E-state index contributed by atoms with van der Waals surface area (Å²) in [5, 5.41) is 31.2. The van der Waals surface area contributed by atoms with Gasteiger partial charge in [-0.05, 0) is 12.1 Å². The predicted molar refractivity (Wildman–Crippen MR) is 47.5 cm³/mol. The van der Waals surface area contributed by atoms with Crippen molar-refractivity contribution in [3.05, 3.63) is 24.2 Å². The number of hydrogen-bond acceptors (Lipinski definition) is 5. The summed E-state index contributed by atoms with van der Waals surface area (Å²) < 4.78 is 5.11. The number of piperidine rings is 1. The fraction of sp³-hybridized carbons (Fsp3) is 0.556. The van der Waals surface area contributed by atoms with Crippen LogP contribution in [0.25, 0.3) is 0 Å². The fourth-order valence-electron chi connectivity index (χ4n) is 1.65. The molecule has 0 spiro atoms. The molecule has 1 aromatic rings. The van der Waals surface area contributed by atoms with Crippen molar-refractivity contribution in [3.8, 4) is 0 Å². The standard InChI is InChI=1S/C9H13NO4/c11-5-4-10-7(9(13)8(5)12)6-2-1-3-14-6/h1-3,5,7-13H,4H2/t5-,7-,8+,9+/m1/s1. The molecule has 4 atom stereocenters. The maximum atomic E-state index is 9.65. The number of furan rings is 1. The third-order valence-electron chi connectivity index (χ3n) is 2.48. The van der Waals surface area contributed by atoms with E-state index >= 15 is 0 Å². The molecule has 0 amide bonds. The maximum Gasteiger partial charge on any atom is 0.123 e. The number of nitrogens with one attached hydrogen (secondary N) is 1. The van der Waals surface area contributed by atoms with Crippen LogP contribution in [0.2, 0.25) is 0 Å². The highest BCUT2D eigenvalue weighted by Crippen LogP contribution is 2.24. The molecule has 4 N–H and O–H groups in total. The van der Waals surface area contributed by atoms with Gasteiger partial charge in [0, 0.05) is 6.54 Å². The topological polar surface area (TPSA) is 85.9 Å². The summed E-state index contributed by atoms with van der Waals surface area (Å²) in [7, 11) is 0. The Morgan fingerprint density at radius 2 is 2.07 bits per heavy atom. The molecule has 1 aliphatic rings. The smallest absolute Gasteiger partial charge is 0.123 e. The van der Waals surface area contributed by atoms with E-state index in [1.54, 1.807) is 12.1 Å². The predicted octanol–water partition coefficient (Wildman–Crippen LogP) is -0.993. The minimum Gasteiger partial charge on any atom is -0.468 e. The molecule has 1 fully saturated rings. The Kier molecular flexibility index (Phi) is 2.56. The Balaban J connectivity index is 2.14. The summed E-state index contributed by atoms with van der Waals surface area (Å²) in [5.41, 5.74) is 0. The van der Waals surface area contributed by atoms with E-state index < -0.39 is 24.4 Å². The highest BCUT2D eigenvalue weighted by molar-refractivity contribution is 5.10. The molecule has 0 unspecified atom stereocenters. The van der Waals surface area contributed by atoms with Gasteiger partial charge in [0.25, 0.3) is 0 Å². The Bertz CT molecular complexity index is 287. The zero-order chi connectivity index (χ0) is 10.1. The molecule has 78 valence electrons. The van der Waals surface area contributed by atoms with Gasteiger partial charge in [-0.15, -0.1) is 0 Å². The monoisotopic (exact) mass is 199 g/mol. The molecule has 0 aromatic carbocycles. The van der Waals surface area contributed by atoms with Gasteiger partial charge in [-0.25, -0.2) is 0 Å². The Labute approximate surface area is 81.0 Å². The van der Waals surface area contributed by atoms with Crippen LogP contribution in [0, 0.1) is 0 Å². The summed E-state index contributed by atoms with van der Waals surface area (Å²) in [6.07, 6.45) is -1.62. The molecular formula is C9H13NO4. The average molecular weight is 199 g/mol. The Hall–Kier alpha value is -0.880. The number of aliphatic hydroxyl groups excluding tert-OH is 3. The van der Waals surface area contributed by atoms with E-state index in [2.05, 4.69) is 5.32 Å². The highest BCUT2D eigenvalue weighted by Gasteiger charge is 2.38. The van der Waals surface area contributed by atoms with Gasteiger partial charge in [0.05, 0.1) is 18.4 Å². The molecule has 0 bridgehead atoms. The van der Waals surface area contributed by atoms with Crippen molar-refractivity contribution in [1.82, 2.24) is 5.32 Å². The molecular weight excluding hydrogens is 186 g/mol. The van der Waals surface area contributed by atoms with Gasteiger partial charge < -0.3 is 25.1 Å². The lowest BCUT2D eigenvalue weighted by Gasteiger charge is -2.34. The molecule has 2 heterocycles. The van der Waals surface area contributed by atoms with Gasteiger partial charge in [0.2, 0.25) is 0 Å². The van der Waals surface area contributed by atoms with Gasteiger partial charge in [0.1, 0.15) is 18.0 Å². The zero-order valence-corrected chi connectivity index (χ0v) is 7.50. The Morgan fingerprint density at radius 1 is 1.29 bits per heavy atom. The lowest BCUT2D eigenvalue weighted by atomic mass is 9.94. The van der Waals surface area contributed by atoms with E-state index in [1.807, 2.05) is 0 Å². The third kappa shape index (κ3) is 1.55. The van der Waals surface area contributed by atoms with Gasteiger partial charge in [-0.1, -0.05) is 0 Å². The molecule has 1 aliphatic heterocycles. The summed E-state index contributed by atoms with van der Waals surface area (Å²) in [4.78, 5) is 0. The van der Waals surface area contributed by atoms with Crippen LogP contribution in [0.1, 0.15) is 11.8 Å². The highest BCUT2D eigenvalue weighted by atomic mass is 16.4. The third-order valence-corrected chi connectivity index (χ3v) is 2.48. The first kappa shape index (κ1) is 9.67. The van der Waals surface area contributed by atoms with Crippen LogP contribution in [0.3, 0.4) is 0 Å². The van der Waals surface area contributed by atoms with Crippen LogP contribution in [-0.4, -0.2) is 40.2 Å². The number of hydrogen-bond donors (Lipinski definition) is 4. The van der Waals surface area contributed by atoms with E-state index in [0.717, 1.165) is 0 Å². The van der Waals surface area contributed by atoms with Crippen molar-refractivity contribution in [1.29, 1.82) is 0 Å². The quantitative estimate of drug-likeness (QED) is 0.466. The molecule has 2 rings (SSSR count). The van der Waals surface area contributed by atoms with E-state index in [1.165, 1.54) is 6.26 Å². The van der Waals surface area contributed by atoms with Crippen molar-refractivity contribution in [2.75, 3.05) is 6.54 Å². The van der Waals surface area contributed by atoms with Crippen LogP contribution in [-0.2, 0) is 0 Å².